The van der Waals surface area contributed by atoms with E-state index in [1.165, 1.54) is 0 Å². The fraction of sp³-hybridized carbons (Fsp3) is 0.167. The summed E-state index contributed by atoms with van der Waals surface area (Å²) in [7, 11) is 0. The van der Waals surface area contributed by atoms with E-state index in [-0.39, 0.29) is 6.61 Å². The van der Waals surface area contributed by atoms with Crippen LogP contribution in [0.15, 0.2) is 28.7 Å². The van der Waals surface area contributed by atoms with E-state index < -0.39 is 5.97 Å². The van der Waals surface area contributed by atoms with Gasteiger partial charge in [0.15, 0.2) is 6.61 Å². The molecule has 2 aromatic rings. The van der Waals surface area contributed by atoms with Crippen LogP contribution >= 0.6 is 15.9 Å². The van der Waals surface area contributed by atoms with Gasteiger partial charge in [-0.05, 0) is 47.1 Å². The van der Waals surface area contributed by atoms with Crippen LogP contribution in [0.1, 0.15) is 5.69 Å². The predicted octanol–water partition coefficient (Wildman–Crippen LogP) is 2.77. The van der Waals surface area contributed by atoms with E-state index in [0.717, 1.165) is 21.1 Å². The van der Waals surface area contributed by atoms with Crippen molar-refractivity contribution in [2.24, 2.45) is 0 Å². The molecule has 1 N–H and O–H groups in total. The summed E-state index contributed by atoms with van der Waals surface area (Å²) in [5.74, 6) is -0.496. The largest absolute Gasteiger partial charge is 0.481 e. The quantitative estimate of drug-likeness (QED) is 0.946. The normalized spacial score (nSPS) is 10.5. The van der Waals surface area contributed by atoms with Crippen molar-refractivity contribution in [1.29, 1.82) is 0 Å². The molecule has 0 amide bonds. The third-order valence-electron chi connectivity index (χ3n) is 2.26. The summed E-state index contributed by atoms with van der Waals surface area (Å²) in [6.07, 6.45) is 0. The van der Waals surface area contributed by atoms with Gasteiger partial charge in [0.05, 0.1) is 9.99 Å². The molecule has 0 unspecified atom stereocenters. The maximum absolute atomic E-state index is 10.4. The number of carboxylic acid groups (broad SMARTS) is 1. The second kappa shape index (κ2) is 4.71. The predicted molar refractivity (Wildman–Crippen MR) is 67.3 cm³/mol. The molecule has 0 aliphatic rings. The number of aliphatic carboxylic acids is 1. The van der Waals surface area contributed by atoms with Crippen LogP contribution in [0, 0.1) is 6.92 Å². The summed E-state index contributed by atoms with van der Waals surface area (Å²) in [6, 6.07) is 7.34. The van der Waals surface area contributed by atoms with E-state index in [1.54, 1.807) is 6.07 Å². The van der Waals surface area contributed by atoms with Gasteiger partial charge in [-0.1, -0.05) is 0 Å². The number of carbonyl (C=O) groups is 1. The molecule has 0 aliphatic carbocycles. The van der Waals surface area contributed by atoms with Crippen molar-refractivity contribution >= 4 is 32.8 Å². The summed E-state index contributed by atoms with van der Waals surface area (Å²) in [5.41, 5.74) is 1.78. The van der Waals surface area contributed by atoms with Crippen molar-refractivity contribution in [2.45, 2.75) is 6.92 Å². The van der Waals surface area contributed by atoms with Crippen LogP contribution in [-0.4, -0.2) is 22.7 Å². The van der Waals surface area contributed by atoms with Gasteiger partial charge in [0.25, 0.3) is 0 Å². The van der Waals surface area contributed by atoms with Crippen molar-refractivity contribution in [3.63, 3.8) is 0 Å². The number of hydrogen-bond donors (Lipinski definition) is 1. The summed E-state index contributed by atoms with van der Waals surface area (Å²) in [5, 5.41) is 9.46. The van der Waals surface area contributed by atoms with Gasteiger partial charge in [-0.3, -0.25) is 4.98 Å². The number of aryl methyl sites for hydroxylation is 1. The van der Waals surface area contributed by atoms with E-state index >= 15 is 0 Å². The number of ether oxygens (including phenoxy) is 1. The Morgan fingerprint density at radius 2 is 2.18 bits per heavy atom. The Balaban J connectivity index is 2.43. The molecule has 0 spiro atoms. The van der Waals surface area contributed by atoms with E-state index in [9.17, 15) is 4.79 Å². The maximum Gasteiger partial charge on any atom is 0.341 e. The third kappa shape index (κ3) is 2.55. The van der Waals surface area contributed by atoms with E-state index in [0.29, 0.717) is 5.75 Å². The fourth-order valence-electron chi connectivity index (χ4n) is 1.50. The zero-order chi connectivity index (χ0) is 12.4. The van der Waals surface area contributed by atoms with Gasteiger partial charge in [0.1, 0.15) is 5.75 Å². The highest BCUT2D eigenvalue weighted by Crippen LogP contribution is 2.32. The van der Waals surface area contributed by atoms with Crippen LogP contribution in [0.2, 0.25) is 0 Å². The Labute approximate surface area is 106 Å². The van der Waals surface area contributed by atoms with Crippen LogP contribution < -0.4 is 4.74 Å². The van der Waals surface area contributed by atoms with Crippen molar-refractivity contribution in [3.8, 4) is 5.75 Å². The molecule has 2 rings (SSSR count). The van der Waals surface area contributed by atoms with Gasteiger partial charge in [-0.25, -0.2) is 4.79 Å². The zero-order valence-electron chi connectivity index (χ0n) is 9.11. The van der Waals surface area contributed by atoms with Gasteiger partial charge in [0, 0.05) is 11.1 Å². The molecule has 0 saturated carbocycles. The number of halogens is 1. The molecule has 4 nitrogen and oxygen atoms in total. The van der Waals surface area contributed by atoms with E-state index in [1.807, 2.05) is 25.1 Å². The molecule has 0 radical (unpaired) electrons. The molecule has 1 aromatic carbocycles. The molecule has 0 bridgehead atoms. The molecule has 0 atom stereocenters. The number of pyridine rings is 1. The minimum absolute atomic E-state index is 0.358. The van der Waals surface area contributed by atoms with Crippen LogP contribution in [0.3, 0.4) is 0 Å². The Hall–Kier alpha value is -1.62. The first-order chi connectivity index (χ1) is 8.08. The third-order valence-corrected chi connectivity index (χ3v) is 3.08. The second-order valence-electron chi connectivity index (χ2n) is 3.58. The standard InChI is InChI=1S/C12H10BrNO3/c1-7-2-3-8-9(14-7)4-5-10(12(8)13)17-6-11(15)16/h2-5H,6H2,1H3,(H,15,16). The molecule has 0 fully saturated rings. The van der Waals surface area contributed by atoms with Gasteiger partial charge < -0.3 is 9.84 Å². The first-order valence-electron chi connectivity index (χ1n) is 4.98. The van der Waals surface area contributed by atoms with Crippen LogP contribution in [0.5, 0.6) is 5.75 Å². The van der Waals surface area contributed by atoms with Crippen molar-refractivity contribution in [3.05, 3.63) is 34.4 Å². The number of carboxylic acids is 1. The average Bonchev–Trinajstić information content (AvgIpc) is 2.27. The molecule has 0 aliphatic heterocycles. The topological polar surface area (TPSA) is 59.4 Å². The zero-order valence-corrected chi connectivity index (χ0v) is 10.7. The monoisotopic (exact) mass is 295 g/mol. The van der Waals surface area contributed by atoms with E-state index in [2.05, 4.69) is 20.9 Å². The lowest BCUT2D eigenvalue weighted by atomic mass is 10.2. The molecule has 88 valence electrons. The number of nitrogens with zero attached hydrogens (tertiary/aromatic N) is 1. The summed E-state index contributed by atoms with van der Waals surface area (Å²) >= 11 is 3.40. The van der Waals surface area contributed by atoms with Gasteiger partial charge in [-0.15, -0.1) is 0 Å². The summed E-state index contributed by atoms with van der Waals surface area (Å²) in [4.78, 5) is 14.8. The number of benzene rings is 1. The maximum atomic E-state index is 10.4. The summed E-state index contributed by atoms with van der Waals surface area (Å²) in [6.45, 7) is 1.56. The molecule has 1 heterocycles. The highest BCUT2D eigenvalue weighted by atomic mass is 79.9. The minimum Gasteiger partial charge on any atom is -0.481 e. The lowest BCUT2D eigenvalue weighted by Crippen LogP contribution is -2.09. The van der Waals surface area contributed by atoms with Gasteiger partial charge in [-0.2, -0.15) is 0 Å². The molecule has 5 heteroatoms. The van der Waals surface area contributed by atoms with Crippen molar-refractivity contribution in [1.82, 2.24) is 4.98 Å². The smallest absolute Gasteiger partial charge is 0.341 e. The molecular weight excluding hydrogens is 286 g/mol. The van der Waals surface area contributed by atoms with Crippen molar-refractivity contribution in [2.75, 3.05) is 6.61 Å². The first-order valence-corrected chi connectivity index (χ1v) is 5.77. The molecule has 0 saturated heterocycles. The lowest BCUT2D eigenvalue weighted by Gasteiger charge is -2.08. The lowest BCUT2D eigenvalue weighted by molar-refractivity contribution is -0.139. The highest BCUT2D eigenvalue weighted by molar-refractivity contribution is 9.10. The first kappa shape index (κ1) is 11.9. The number of fused-ring (bicyclic) bond motifs is 1. The number of aromatic nitrogens is 1. The minimum atomic E-state index is -1.00. The Bertz CT molecular complexity index is 583. The molecule has 1 aromatic heterocycles. The van der Waals surface area contributed by atoms with Crippen LogP contribution in [0.25, 0.3) is 10.9 Å². The molecule has 17 heavy (non-hydrogen) atoms. The fourth-order valence-corrected chi connectivity index (χ4v) is 2.08. The van der Waals surface area contributed by atoms with Crippen LogP contribution in [0.4, 0.5) is 0 Å². The second-order valence-corrected chi connectivity index (χ2v) is 4.37. The van der Waals surface area contributed by atoms with E-state index in [4.69, 9.17) is 9.84 Å². The Morgan fingerprint density at radius 3 is 2.88 bits per heavy atom. The van der Waals surface area contributed by atoms with Gasteiger partial charge in [0.2, 0.25) is 0 Å². The van der Waals surface area contributed by atoms with Crippen LogP contribution in [-0.2, 0) is 4.79 Å². The van der Waals surface area contributed by atoms with Crippen molar-refractivity contribution < 1.29 is 14.6 Å². The number of hydrogen-bond acceptors (Lipinski definition) is 3. The Kier molecular flexibility index (Phi) is 3.28. The highest BCUT2D eigenvalue weighted by Gasteiger charge is 2.08. The Morgan fingerprint density at radius 1 is 1.41 bits per heavy atom. The SMILES string of the molecule is Cc1ccc2c(Br)c(OCC(=O)O)ccc2n1. The average molecular weight is 296 g/mol. The molecular formula is C12H10BrNO3. The summed E-state index contributed by atoms with van der Waals surface area (Å²) < 4.78 is 5.89. The number of rotatable bonds is 3. The van der Waals surface area contributed by atoms with Gasteiger partial charge >= 0.3 is 5.97 Å².